The molecule has 0 saturated heterocycles. The Morgan fingerprint density at radius 1 is 1.38 bits per heavy atom. The minimum Gasteiger partial charge on any atom is -0.359 e. The summed E-state index contributed by atoms with van der Waals surface area (Å²) in [7, 11) is -3.03. The minimum atomic E-state index is -3.03. The molecule has 7 heteroatoms. The SMILES string of the molecule is C[C@H](CS(C)(=O)=O)NCc1cc(-c2ccccc2F)no1. The predicted molar refractivity (Wildman–Crippen MR) is 77.9 cm³/mol. The molecule has 2 rings (SSSR count). The van der Waals surface area contributed by atoms with E-state index >= 15 is 0 Å². The predicted octanol–water partition coefficient (Wildman–Crippen LogP) is 2.00. The number of hydrogen-bond donors (Lipinski definition) is 1. The highest BCUT2D eigenvalue weighted by atomic mass is 32.2. The Balaban J connectivity index is 2.00. The second-order valence-corrected chi connectivity index (χ2v) is 7.22. The van der Waals surface area contributed by atoms with Gasteiger partial charge >= 0.3 is 0 Å². The number of aromatic nitrogens is 1. The fourth-order valence-corrected chi connectivity index (χ4v) is 3.01. The monoisotopic (exact) mass is 312 g/mol. The van der Waals surface area contributed by atoms with E-state index < -0.39 is 9.84 Å². The summed E-state index contributed by atoms with van der Waals surface area (Å²) in [5.74, 6) is 0.200. The van der Waals surface area contributed by atoms with Gasteiger partial charge in [-0.25, -0.2) is 12.8 Å². The molecule has 0 amide bonds. The van der Waals surface area contributed by atoms with Gasteiger partial charge in [0, 0.05) is 23.9 Å². The Morgan fingerprint density at radius 2 is 2.10 bits per heavy atom. The Morgan fingerprint density at radius 3 is 2.76 bits per heavy atom. The highest BCUT2D eigenvalue weighted by molar-refractivity contribution is 7.90. The number of nitrogens with zero attached hydrogens (tertiary/aromatic N) is 1. The maximum absolute atomic E-state index is 13.6. The molecule has 0 aliphatic heterocycles. The molecule has 21 heavy (non-hydrogen) atoms. The first-order valence-electron chi connectivity index (χ1n) is 6.47. The molecule has 0 aliphatic rings. The van der Waals surface area contributed by atoms with Crippen molar-refractivity contribution in [3.63, 3.8) is 0 Å². The van der Waals surface area contributed by atoms with Crippen molar-refractivity contribution in [2.75, 3.05) is 12.0 Å². The summed E-state index contributed by atoms with van der Waals surface area (Å²) in [5, 5.41) is 6.85. The van der Waals surface area contributed by atoms with Gasteiger partial charge in [0.15, 0.2) is 5.76 Å². The topological polar surface area (TPSA) is 72.2 Å². The lowest BCUT2D eigenvalue weighted by molar-refractivity contribution is 0.369. The van der Waals surface area contributed by atoms with Crippen LogP contribution < -0.4 is 5.32 Å². The van der Waals surface area contributed by atoms with E-state index in [-0.39, 0.29) is 17.6 Å². The van der Waals surface area contributed by atoms with Crippen molar-refractivity contribution in [3.05, 3.63) is 41.9 Å². The number of benzene rings is 1. The second kappa shape index (κ2) is 6.36. The molecule has 1 N–H and O–H groups in total. The number of sulfone groups is 1. The van der Waals surface area contributed by atoms with Crippen molar-refractivity contribution in [2.45, 2.75) is 19.5 Å². The van der Waals surface area contributed by atoms with Crippen LogP contribution in [0.1, 0.15) is 12.7 Å². The first kappa shape index (κ1) is 15.7. The zero-order valence-corrected chi connectivity index (χ0v) is 12.7. The lowest BCUT2D eigenvalue weighted by atomic mass is 10.1. The molecule has 0 unspecified atom stereocenters. The van der Waals surface area contributed by atoms with Crippen molar-refractivity contribution in [1.82, 2.24) is 10.5 Å². The van der Waals surface area contributed by atoms with Gasteiger partial charge in [-0.15, -0.1) is 0 Å². The molecule has 1 atom stereocenters. The summed E-state index contributed by atoms with van der Waals surface area (Å²) >= 11 is 0. The van der Waals surface area contributed by atoms with E-state index in [0.717, 1.165) is 0 Å². The van der Waals surface area contributed by atoms with Gasteiger partial charge in [-0.2, -0.15) is 0 Å². The Bertz CT molecular complexity index is 713. The molecule has 1 aromatic heterocycles. The van der Waals surface area contributed by atoms with Crippen LogP contribution in [0.15, 0.2) is 34.9 Å². The van der Waals surface area contributed by atoms with Crippen molar-refractivity contribution >= 4 is 9.84 Å². The van der Waals surface area contributed by atoms with E-state index in [2.05, 4.69) is 10.5 Å². The molecule has 1 aromatic carbocycles. The summed E-state index contributed by atoms with van der Waals surface area (Å²) in [6.07, 6.45) is 1.19. The second-order valence-electron chi connectivity index (χ2n) is 5.03. The fraction of sp³-hybridized carbons (Fsp3) is 0.357. The third-order valence-electron chi connectivity index (χ3n) is 2.89. The van der Waals surface area contributed by atoms with Gasteiger partial charge in [-0.3, -0.25) is 0 Å². The number of rotatable bonds is 6. The quantitative estimate of drug-likeness (QED) is 0.883. The molecule has 0 radical (unpaired) electrons. The van der Waals surface area contributed by atoms with Gasteiger partial charge in [0.25, 0.3) is 0 Å². The van der Waals surface area contributed by atoms with Crippen LogP contribution in [-0.4, -0.2) is 31.6 Å². The summed E-state index contributed by atoms with van der Waals surface area (Å²) < 4.78 is 41.1. The maximum atomic E-state index is 13.6. The van der Waals surface area contributed by atoms with Gasteiger partial charge < -0.3 is 9.84 Å². The van der Waals surface area contributed by atoms with Crippen molar-refractivity contribution in [2.24, 2.45) is 0 Å². The lowest BCUT2D eigenvalue weighted by Crippen LogP contribution is -2.32. The van der Waals surface area contributed by atoms with E-state index in [0.29, 0.717) is 23.6 Å². The van der Waals surface area contributed by atoms with Crippen LogP contribution in [0.3, 0.4) is 0 Å². The molecular formula is C14H17FN2O3S. The molecule has 5 nitrogen and oxygen atoms in total. The molecule has 0 aliphatic carbocycles. The van der Waals surface area contributed by atoms with Gasteiger partial charge in [0.2, 0.25) is 0 Å². The zero-order chi connectivity index (χ0) is 15.5. The van der Waals surface area contributed by atoms with Crippen LogP contribution in [0.2, 0.25) is 0 Å². The van der Waals surface area contributed by atoms with E-state index in [1.807, 2.05) is 0 Å². The smallest absolute Gasteiger partial charge is 0.151 e. The first-order valence-corrected chi connectivity index (χ1v) is 8.53. The third-order valence-corrected chi connectivity index (χ3v) is 3.99. The largest absolute Gasteiger partial charge is 0.359 e. The van der Waals surface area contributed by atoms with Crippen LogP contribution in [0.5, 0.6) is 0 Å². The van der Waals surface area contributed by atoms with Crippen molar-refractivity contribution in [1.29, 1.82) is 0 Å². The molecule has 0 spiro atoms. The van der Waals surface area contributed by atoms with Crippen molar-refractivity contribution in [3.8, 4) is 11.3 Å². The molecule has 0 bridgehead atoms. The van der Waals surface area contributed by atoms with E-state index in [4.69, 9.17) is 4.52 Å². The maximum Gasteiger partial charge on any atom is 0.151 e. The van der Waals surface area contributed by atoms with Crippen LogP contribution in [0, 0.1) is 5.82 Å². The van der Waals surface area contributed by atoms with Crippen LogP contribution in [-0.2, 0) is 16.4 Å². The van der Waals surface area contributed by atoms with Crippen LogP contribution >= 0.6 is 0 Å². The summed E-state index contributed by atoms with van der Waals surface area (Å²) in [6.45, 7) is 2.10. The lowest BCUT2D eigenvalue weighted by Gasteiger charge is -2.10. The average molecular weight is 312 g/mol. The summed E-state index contributed by atoms with van der Waals surface area (Å²) in [5.41, 5.74) is 0.789. The standard InChI is InChI=1S/C14H17FN2O3S/c1-10(9-21(2,18)19)16-8-11-7-14(17-20-11)12-5-3-4-6-13(12)15/h3-7,10,16H,8-9H2,1-2H3/t10-/m1/s1. The number of nitrogens with one attached hydrogen (secondary N) is 1. The number of halogens is 1. The minimum absolute atomic E-state index is 0.0430. The number of hydrogen-bond acceptors (Lipinski definition) is 5. The molecule has 1 heterocycles. The molecular weight excluding hydrogens is 295 g/mol. The van der Waals surface area contributed by atoms with E-state index in [9.17, 15) is 12.8 Å². The van der Waals surface area contributed by atoms with Gasteiger partial charge in [0.05, 0.1) is 12.3 Å². The van der Waals surface area contributed by atoms with Crippen LogP contribution in [0.25, 0.3) is 11.3 Å². The van der Waals surface area contributed by atoms with E-state index in [1.54, 1.807) is 31.2 Å². The highest BCUT2D eigenvalue weighted by Crippen LogP contribution is 2.21. The molecule has 0 fully saturated rings. The summed E-state index contributed by atoms with van der Waals surface area (Å²) in [6, 6.07) is 7.74. The van der Waals surface area contributed by atoms with E-state index in [1.165, 1.54) is 12.3 Å². The van der Waals surface area contributed by atoms with Gasteiger partial charge in [0.1, 0.15) is 21.3 Å². The normalized spacial score (nSPS) is 13.3. The Hall–Kier alpha value is -1.73. The fourth-order valence-electron chi connectivity index (χ4n) is 1.98. The van der Waals surface area contributed by atoms with Crippen LogP contribution in [0.4, 0.5) is 4.39 Å². The Kier molecular flexibility index (Phi) is 4.74. The van der Waals surface area contributed by atoms with Gasteiger partial charge in [-0.1, -0.05) is 17.3 Å². The van der Waals surface area contributed by atoms with Gasteiger partial charge in [-0.05, 0) is 19.1 Å². The van der Waals surface area contributed by atoms with Crippen molar-refractivity contribution < 1.29 is 17.3 Å². The highest BCUT2D eigenvalue weighted by Gasteiger charge is 2.13. The third kappa shape index (κ3) is 4.64. The molecule has 0 saturated carbocycles. The summed E-state index contributed by atoms with van der Waals surface area (Å²) in [4.78, 5) is 0. The zero-order valence-electron chi connectivity index (χ0n) is 11.8. The molecule has 114 valence electrons. The first-order chi connectivity index (χ1) is 9.85. The Labute approximate surface area is 123 Å². The molecule has 2 aromatic rings. The average Bonchev–Trinajstić information content (AvgIpc) is 2.83.